The van der Waals surface area contributed by atoms with E-state index in [1.54, 1.807) is 7.11 Å². The van der Waals surface area contributed by atoms with Crippen LogP contribution in [0.5, 0.6) is 0 Å². The van der Waals surface area contributed by atoms with E-state index >= 15 is 0 Å². The standard InChI is InChI=1S/C39H57NO11/c1-18-11-22-5-7-27-19(2)12-24(44-27)9-10-39-16-31-35(50-39)36-37(49-31)38(51-39)34-28(47-36)8-6-23(46-34)13-21(41)14-25-30(15-29(45-22)20(18)3)48-33(26(42)17-40)32(25)43-4/h18,22-38,42H,2-3,5-17,40H2,1,4H3/t18?,22?,23-,24+,25+,26+,27?,28+,29?,30?,31-,32?,33?,34?,35+,36?,37-,38+,39+/m1/s1. The van der Waals surface area contributed by atoms with Crippen LogP contribution in [0.3, 0.4) is 0 Å². The summed E-state index contributed by atoms with van der Waals surface area (Å²) in [7, 11) is 1.61. The topological polar surface area (TPSA) is 146 Å². The first-order valence-electron chi connectivity index (χ1n) is 19.7. The summed E-state index contributed by atoms with van der Waals surface area (Å²) in [6.07, 6.45) is 3.61. The third-order valence-electron chi connectivity index (χ3n) is 13.8. The number of nitrogens with two attached hydrogens (primary N) is 1. The molecule has 10 heterocycles. The lowest BCUT2D eigenvalue weighted by Gasteiger charge is -2.47. The summed E-state index contributed by atoms with van der Waals surface area (Å²) in [5, 5.41) is 10.9. The van der Waals surface area contributed by atoms with Crippen LogP contribution in [0.1, 0.15) is 84.0 Å². The Hall–Kier alpha value is -1.29. The number of aliphatic hydroxyl groups excluding tert-OH is 1. The molecule has 9 unspecified atom stereocenters. The third-order valence-corrected chi connectivity index (χ3v) is 13.8. The van der Waals surface area contributed by atoms with E-state index in [9.17, 15) is 9.90 Å². The van der Waals surface area contributed by atoms with E-state index in [1.807, 2.05) is 0 Å². The second-order valence-electron chi connectivity index (χ2n) is 17.0. The molecule has 10 rings (SSSR count). The molecule has 10 aliphatic rings. The SMILES string of the molecule is C=C1C[C@@H]2CC[C@@]34C[C@H]5O[C@@H]6C(O[C@H]7CC[C@H](CC(=O)C[C@H]8C(CC9OC(CCC1O2)CC(C)C9=C)OC([C@@H](O)CN)C8OC)OC7[C@@H]6O3)[C@H]5O4. The molecule has 12 nitrogen and oxygen atoms in total. The fraction of sp³-hybridized carbons (Fsp3) is 0.872. The number of Topliss-reactive ketones (excluding diaryl/α,β-unsaturated/α-hetero) is 1. The summed E-state index contributed by atoms with van der Waals surface area (Å²) in [5.41, 5.74) is 8.09. The molecule has 12 bridgehead atoms. The maximum Gasteiger partial charge on any atom is 0.172 e. The van der Waals surface area contributed by atoms with Crippen molar-refractivity contribution in [3.63, 3.8) is 0 Å². The second kappa shape index (κ2) is 13.8. The molecular formula is C39H57NO11. The number of hydrogen-bond donors (Lipinski definition) is 2. The number of carbonyl (C=O) groups excluding carboxylic acids is 1. The first kappa shape index (κ1) is 35.4. The average molecular weight is 716 g/mol. The first-order valence-corrected chi connectivity index (χ1v) is 19.7. The predicted octanol–water partition coefficient (Wildman–Crippen LogP) is 3.05. The number of aliphatic hydroxyl groups is 1. The monoisotopic (exact) mass is 715 g/mol. The Kier molecular flexibility index (Phi) is 9.57. The molecule has 1 spiro atoms. The molecule has 3 N–H and O–H groups in total. The van der Waals surface area contributed by atoms with Gasteiger partial charge in [0.2, 0.25) is 0 Å². The third kappa shape index (κ3) is 6.32. The van der Waals surface area contributed by atoms with Gasteiger partial charge in [0, 0.05) is 51.7 Å². The van der Waals surface area contributed by atoms with Gasteiger partial charge in [-0.25, -0.2) is 0 Å². The molecule has 0 aromatic carbocycles. The summed E-state index contributed by atoms with van der Waals surface area (Å²) >= 11 is 0. The summed E-state index contributed by atoms with van der Waals surface area (Å²) in [6.45, 7) is 11.1. The van der Waals surface area contributed by atoms with Crippen LogP contribution in [0, 0.1) is 11.8 Å². The number of methoxy groups -OCH3 is 1. The molecule has 10 saturated heterocycles. The van der Waals surface area contributed by atoms with Crippen molar-refractivity contribution < 1.29 is 52.5 Å². The Balaban J connectivity index is 1.000. The van der Waals surface area contributed by atoms with Gasteiger partial charge in [-0.3, -0.25) is 4.79 Å². The number of ether oxygens (including phenoxy) is 9. The van der Waals surface area contributed by atoms with Crippen molar-refractivity contribution in [2.24, 2.45) is 17.6 Å². The molecule has 51 heavy (non-hydrogen) atoms. The lowest BCUT2D eigenvalue weighted by molar-refractivity contribution is -0.292. The number of ketones is 1. The van der Waals surface area contributed by atoms with Gasteiger partial charge in [-0.15, -0.1) is 0 Å². The van der Waals surface area contributed by atoms with Crippen LogP contribution < -0.4 is 5.73 Å². The highest BCUT2D eigenvalue weighted by Crippen LogP contribution is 2.54. The molecular weight excluding hydrogens is 658 g/mol. The molecule has 0 aromatic heterocycles. The number of rotatable bonds is 3. The minimum Gasteiger partial charge on any atom is -0.389 e. The Morgan fingerprint density at radius 3 is 2.37 bits per heavy atom. The Labute approximate surface area is 300 Å². The van der Waals surface area contributed by atoms with E-state index in [0.29, 0.717) is 25.7 Å². The van der Waals surface area contributed by atoms with Crippen LogP contribution >= 0.6 is 0 Å². The van der Waals surface area contributed by atoms with Gasteiger partial charge >= 0.3 is 0 Å². The summed E-state index contributed by atoms with van der Waals surface area (Å²) in [5.74, 6) is -0.734. The number of hydrogen-bond acceptors (Lipinski definition) is 12. The molecule has 10 fully saturated rings. The van der Waals surface area contributed by atoms with Gasteiger partial charge in [-0.1, -0.05) is 20.1 Å². The Morgan fingerprint density at radius 1 is 0.804 bits per heavy atom. The fourth-order valence-corrected chi connectivity index (χ4v) is 11.1. The van der Waals surface area contributed by atoms with E-state index in [1.165, 1.54) is 0 Å². The minimum atomic E-state index is -0.922. The van der Waals surface area contributed by atoms with Crippen molar-refractivity contribution >= 4 is 5.78 Å². The molecule has 284 valence electrons. The first-order chi connectivity index (χ1) is 24.6. The van der Waals surface area contributed by atoms with Crippen molar-refractivity contribution in [2.45, 2.75) is 187 Å². The van der Waals surface area contributed by atoms with Gasteiger partial charge in [-0.2, -0.15) is 0 Å². The van der Waals surface area contributed by atoms with Gasteiger partial charge in [0.1, 0.15) is 42.4 Å². The van der Waals surface area contributed by atoms with Crippen LogP contribution in [-0.4, -0.2) is 128 Å². The van der Waals surface area contributed by atoms with Gasteiger partial charge in [0.25, 0.3) is 0 Å². The van der Waals surface area contributed by atoms with Crippen molar-refractivity contribution in [3.8, 4) is 0 Å². The molecule has 12 heteroatoms. The quantitative estimate of drug-likeness (QED) is 0.415. The van der Waals surface area contributed by atoms with Crippen LogP contribution in [0.4, 0.5) is 0 Å². The number of carbonyl (C=O) groups is 1. The molecule has 10 aliphatic heterocycles. The predicted molar refractivity (Wildman–Crippen MR) is 182 cm³/mol. The fourth-order valence-electron chi connectivity index (χ4n) is 11.1. The van der Waals surface area contributed by atoms with E-state index < -0.39 is 24.1 Å². The molecule has 0 saturated carbocycles. The van der Waals surface area contributed by atoms with Gasteiger partial charge in [-0.05, 0) is 62.0 Å². The maximum atomic E-state index is 14.0. The van der Waals surface area contributed by atoms with Gasteiger partial charge in [0.05, 0.1) is 61.0 Å². The second-order valence-corrected chi connectivity index (χ2v) is 17.0. The van der Waals surface area contributed by atoms with Crippen LogP contribution in [0.2, 0.25) is 0 Å². The normalized spacial score (nSPS) is 53.2. The van der Waals surface area contributed by atoms with Crippen molar-refractivity contribution in [2.75, 3.05) is 13.7 Å². The van der Waals surface area contributed by atoms with Crippen molar-refractivity contribution in [1.29, 1.82) is 0 Å². The largest absolute Gasteiger partial charge is 0.389 e. The smallest absolute Gasteiger partial charge is 0.172 e. The highest BCUT2D eigenvalue weighted by molar-refractivity contribution is 5.79. The van der Waals surface area contributed by atoms with Gasteiger partial charge < -0.3 is 53.5 Å². The zero-order chi connectivity index (χ0) is 35.2. The molecule has 0 radical (unpaired) electrons. The van der Waals surface area contributed by atoms with Crippen molar-refractivity contribution in [1.82, 2.24) is 0 Å². The highest BCUT2D eigenvalue weighted by atomic mass is 16.8. The van der Waals surface area contributed by atoms with Crippen LogP contribution in [0.25, 0.3) is 0 Å². The van der Waals surface area contributed by atoms with Crippen LogP contribution in [-0.2, 0) is 47.4 Å². The molecule has 0 aromatic rings. The summed E-state index contributed by atoms with van der Waals surface area (Å²) in [4.78, 5) is 14.0. The zero-order valence-electron chi connectivity index (χ0n) is 30.1. The molecule has 19 atom stereocenters. The average Bonchev–Trinajstić information content (AvgIpc) is 3.79. The highest BCUT2D eigenvalue weighted by Gasteiger charge is 2.68. The summed E-state index contributed by atoms with van der Waals surface area (Å²) in [6, 6.07) is 0. The Bertz CT molecular complexity index is 1360. The van der Waals surface area contributed by atoms with Crippen LogP contribution in [0.15, 0.2) is 24.3 Å². The lowest BCUT2D eigenvalue weighted by Crippen LogP contribution is -2.61. The lowest BCUT2D eigenvalue weighted by atomic mass is 9.81. The molecule has 0 amide bonds. The summed E-state index contributed by atoms with van der Waals surface area (Å²) < 4.78 is 59.7. The maximum absolute atomic E-state index is 14.0. The van der Waals surface area contributed by atoms with Gasteiger partial charge in [0.15, 0.2) is 5.79 Å². The van der Waals surface area contributed by atoms with E-state index in [0.717, 1.165) is 49.7 Å². The zero-order valence-corrected chi connectivity index (χ0v) is 30.1. The van der Waals surface area contributed by atoms with E-state index in [2.05, 4.69) is 20.1 Å². The Morgan fingerprint density at radius 2 is 1.55 bits per heavy atom. The number of fused-ring (bicyclic) bond motifs is 6. The van der Waals surface area contributed by atoms with E-state index in [4.69, 9.17) is 48.4 Å². The minimum absolute atomic E-state index is 0.0215. The molecule has 0 aliphatic carbocycles. The van der Waals surface area contributed by atoms with Crippen molar-refractivity contribution in [3.05, 3.63) is 24.3 Å². The van der Waals surface area contributed by atoms with E-state index in [-0.39, 0.29) is 116 Å².